The molecule has 4 heterocycles. The molecule has 0 spiro atoms. The zero-order valence-electron chi connectivity index (χ0n) is 27.2. The van der Waals surface area contributed by atoms with Gasteiger partial charge in [0.05, 0.1) is 28.3 Å². The molecule has 0 saturated heterocycles. The van der Waals surface area contributed by atoms with Gasteiger partial charge >= 0.3 is 6.15 Å². The number of aromatic nitrogens is 6. The number of anilines is 1. The Morgan fingerprint density at radius 1 is 0.979 bits per heavy atom. The summed E-state index contributed by atoms with van der Waals surface area (Å²) in [4.78, 5) is 45.9. The number of nitrogens with one attached hydrogen (secondary N) is 4. The number of carbonyl (C=O) groups is 1. The van der Waals surface area contributed by atoms with Gasteiger partial charge in [-0.1, -0.05) is 46.8 Å². The monoisotopic (exact) mass is 636 g/mol. The minimum atomic E-state index is -0.295. The predicted molar refractivity (Wildman–Crippen MR) is 179 cm³/mol. The first-order chi connectivity index (χ1) is 22.6. The van der Waals surface area contributed by atoms with Gasteiger partial charge in [-0.15, -0.1) is 0 Å². The quantitative estimate of drug-likeness (QED) is 0.147. The summed E-state index contributed by atoms with van der Waals surface area (Å²) >= 11 is 0. The molecule has 2 aromatic carbocycles. The number of carbonyl (C=O) groups excluding carboxylic acids is 3. The molecule has 0 aliphatic carbocycles. The third kappa shape index (κ3) is 8.37. The van der Waals surface area contributed by atoms with Crippen molar-refractivity contribution in [3.63, 3.8) is 0 Å². The Hall–Kier alpha value is -5.58. The first-order valence-electron chi connectivity index (χ1n) is 15.1. The van der Waals surface area contributed by atoms with Crippen LogP contribution in [0.15, 0.2) is 67.1 Å². The van der Waals surface area contributed by atoms with Crippen LogP contribution < -0.4 is 10.6 Å². The summed E-state index contributed by atoms with van der Waals surface area (Å²) in [6, 6.07) is 14.7. The highest BCUT2D eigenvalue weighted by atomic mass is 19.1. The lowest BCUT2D eigenvalue weighted by Crippen LogP contribution is -2.19. The van der Waals surface area contributed by atoms with Crippen molar-refractivity contribution in [3.8, 4) is 33.8 Å². The Kier molecular flexibility index (Phi) is 11.0. The minimum Gasteiger partial charge on any atom is -0.337 e. The van der Waals surface area contributed by atoms with Crippen molar-refractivity contribution in [1.29, 1.82) is 0 Å². The smallest absolute Gasteiger partial charge is 0.337 e. The van der Waals surface area contributed by atoms with E-state index in [0.29, 0.717) is 35.8 Å². The molecule has 6 aromatic rings. The molecule has 0 unspecified atom stereocenters. The molecule has 0 fully saturated rings. The molecular formula is C35H37FN8O3. The number of halogens is 1. The highest BCUT2D eigenvalue weighted by Gasteiger charge is 2.18. The third-order valence-corrected chi connectivity index (χ3v) is 6.85. The van der Waals surface area contributed by atoms with Crippen molar-refractivity contribution < 1.29 is 18.8 Å². The molecule has 12 heteroatoms. The number of aromatic amines is 2. The van der Waals surface area contributed by atoms with Crippen LogP contribution in [0.4, 0.5) is 10.1 Å². The average molecular weight is 637 g/mol. The molecule has 0 atom stereocenters. The minimum absolute atomic E-state index is 0.0621. The number of imidazole rings is 1. The summed E-state index contributed by atoms with van der Waals surface area (Å²) in [7, 11) is 1.83. The Labute approximate surface area is 271 Å². The molecule has 4 aromatic heterocycles. The summed E-state index contributed by atoms with van der Waals surface area (Å²) in [6.07, 6.45) is 5.75. The van der Waals surface area contributed by atoms with Gasteiger partial charge in [0.2, 0.25) is 5.91 Å². The first kappa shape index (κ1) is 34.3. The Morgan fingerprint density at radius 3 is 2.45 bits per heavy atom. The molecule has 6 rings (SSSR count). The standard InChI is InChI=1S/C32H31FN8O.C2H6.CO2/c1-32(2,3)13-27(42)37-23-11-20(15-35-17-23)21-12-25-29(40-41-30(25)36-16-21)31-38-26-7-5-6-24(28(26)39-31)19-8-18(14-34-4)9-22(33)10-19;1-2;2-1-3/h5-12,15-17,34H,13-14H2,1-4H3,(H,37,42)(H,38,39)(H,36,40,41);1-2H3;. The van der Waals surface area contributed by atoms with E-state index in [4.69, 9.17) is 14.6 Å². The second-order valence-corrected chi connectivity index (χ2v) is 11.7. The molecule has 47 heavy (non-hydrogen) atoms. The summed E-state index contributed by atoms with van der Waals surface area (Å²) in [6.45, 7) is 10.6. The number of nitrogens with zero attached hydrogens (tertiary/aromatic N) is 4. The largest absolute Gasteiger partial charge is 0.373 e. The van der Waals surface area contributed by atoms with E-state index in [1.165, 1.54) is 12.1 Å². The van der Waals surface area contributed by atoms with E-state index in [9.17, 15) is 9.18 Å². The van der Waals surface area contributed by atoms with E-state index in [1.807, 2.05) is 78.1 Å². The molecule has 0 saturated carbocycles. The van der Waals surface area contributed by atoms with Crippen LogP contribution in [-0.2, 0) is 20.9 Å². The maximum atomic E-state index is 14.5. The Balaban J connectivity index is 0.000000947. The molecule has 4 N–H and O–H groups in total. The van der Waals surface area contributed by atoms with Gasteiger partial charge < -0.3 is 15.6 Å². The highest BCUT2D eigenvalue weighted by molar-refractivity contribution is 5.97. The number of para-hydroxylation sites is 1. The molecule has 11 nitrogen and oxygen atoms in total. The molecule has 0 aliphatic heterocycles. The summed E-state index contributed by atoms with van der Waals surface area (Å²) in [5.41, 5.74) is 7.32. The van der Waals surface area contributed by atoms with Crippen LogP contribution in [-0.4, -0.2) is 49.2 Å². The summed E-state index contributed by atoms with van der Waals surface area (Å²) in [5, 5.41) is 14.3. The number of amides is 1. The van der Waals surface area contributed by atoms with Crippen molar-refractivity contribution in [3.05, 3.63) is 78.5 Å². The van der Waals surface area contributed by atoms with Gasteiger partial charge in [0.25, 0.3) is 0 Å². The predicted octanol–water partition coefficient (Wildman–Crippen LogP) is 6.91. The number of hydrogen-bond acceptors (Lipinski definition) is 8. The van der Waals surface area contributed by atoms with Crippen molar-refractivity contribution >= 4 is 39.8 Å². The van der Waals surface area contributed by atoms with Crippen LogP contribution in [0.5, 0.6) is 0 Å². The fraction of sp³-hybridized carbons (Fsp3) is 0.257. The molecule has 1 amide bonds. The highest BCUT2D eigenvalue weighted by Crippen LogP contribution is 2.33. The number of rotatable bonds is 7. The lowest BCUT2D eigenvalue weighted by Gasteiger charge is -2.17. The number of hydrogen-bond donors (Lipinski definition) is 4. The number of H-pyrrole nitrogens is 2. The second kappa shape index (κ2) is 15.1. The number of pyridine rings is 2. The normalized spacial score (nSPS) is 10.9. The SMILES string of the molecule is CC.CNCc1cc(F)cc(-c2cccc3[nH]c(-c4[nH]nc5ncc(-c6cncc(NC(=O)CC(C)(C)C)c6)cc45)nc23)c1.O=C=O. The molecular weight excluding hydrogens is 599 g/mol. The van der Waals surface area contributed by atoms with E-state index in [0.717, 1.165) is 44.2 Å². The van der Waals surface area contributed by atoms with E-state index in [1.54, 1.807) is 18.6 Å². The van der Waals surface area contributed by atoms with Gasteiger partial charge in [0, 0.05) is 42.0 Å². The zero-order chi connectivity index (χ0) is 34.1. The number of benzene rings is 2. The van der Waals surface area contributed by atoms with E-state index in [2.05, 4.69) is 35.8 Å². The molecule has 0 bridgehead atoms. The topological polar surface area (TPSA) is 158 Å². The van der Waals surface area contributed by atoms with Crippen LogP contribution in [0.25, 0.3) is 55.8 Å². The van der Waals surface area contributed by atoms with E-state index >= 15 is 0 Å². The van der Waals surface area contributed by atoms with Gasteiger partial charge in [-0.25, -0.2) is 14.4 Å². The molecule has 242 valence electrons. The maximum Gasteiger partial charge on any atom is 0.373 e. The zero-order valence-corrected chi connectivity index (χ0v) is 27.2. The van der Waals surface area contributed by atoms with Gasteiger partial charge in [-0.3, -0.25) is 14.9 Å². The first-order valence-corrected chi connectivity index (χ1v) is 15.1. The van der Waals surface area contributed by atoms with Crippen molar-refractivity contribution in [1.82, 2.24) is 35.5 Å². The Morgan fingerprint density at radius 2 is 1.72 bits per heavy atom. The lowest BCUT2D eigenvalue weighted by molar-refractivity contribution is -0.191. The number of fused-ring (bicyclic) bond motifs is 2. The van der Waals surface area contributed by atoms with E-state index in [-0.39, 0.29) is 23.3 Å². The van der Waals surface area contributed by atoms with Crippen molar-refractivity contribution in [2.45, 2.75) is 47.6 Å². The van der Waals surface area contributed by atoms with Crippen LogP contribution in [0.1, 0.15) is 46.6 Å². The third-order valence-electron chi connectivity index (χ3n) is 6.85. The van der Waals surface area contributed by atoms with Gasteiger partial charge in [-0.2, -0.15) is 14.7 Å². The Bertz CT molecular complexity index is 2040. The summed E-state index contributed by atoms with van der Waals surface area (Å²) in [5.74, 6) is 0.232. The fourth-order valence-electron chi connectivity index (χ4n) is 5.09. The molecule has 0 aliphatic rings. The van der Waals surface area contributed by atoms with Crippen molar-refractivity contribution in [2.24, 2.45) is 5.41 Å². The fourth-order valence-corrected chi connectivity index (χ4v) is 5.09. The lowest BCUT2D eigenvalue weighted by atomic mass is 9.92. The van der Waals surface area contributed by atoms with Crippen LogP contribution >= 0.6 is 0 Å². The van der Waals surface area contributed by atoms with Crippen LogP contribution in [0.2, 0.25) is 0 Å². The van der Waals surface area contributed by atoms with E-state index < -0.39 is 0 Å². The van der Waals surface area contributed by atoms with Gasteiger partial charge in [0.1, 0.15) is 11.5 Å². The molecule has 0 radical (unpaired) electrons. The average Bonchev–Trinajstić information content (AvgIpc) is 3.65. The van der Waals surface area contributed by atoms with Gasteiger partial charge in [0.15, 0.2) is 11.5 Å². The second-order valence-electron chi connectivity index (χ2n) is 11.7. The maximum absolute atomic E-state index is 14.5. The van der Waals surface area contributed by atoms with Crippen molar-refractivity contribution in [2.75, 3.05) is 12.4 Å². The van der Waals surface area contributed by atoms with Gasteiger partial charge in [-0.05, 0) is 60.0 Å². The van der Waals surface area contributed by atoms with Crippen LogP contribution in [0, 0.1) is 11.2 Å². The summed E-state index contributed by atoms with van der Waals surface area (Å²) < 4.78 is 14.5. The van der Waals surface area contributed by atoms with Crippen LogP contribution in [0.3, 0.4) is 0 Å².